The van der Waals surface area contributed by atoms with E-state index in [1.807, 2.05) is 13.0 Å². The molecule has 8 nitrogen and oxygen atoms in total. The fourth-order valence-corrected chi connectivity index (χ4v) is 3.08. The van der Waals surface area contributed by atoms with Gasteiger partial charge in [0.05, 0.1) is 17.8 Å². The summed E-state index contributed by atoms with van der Waals surface area (Å²) in [4.78, 5) is 46.7. The van der Waals surface area contributed by atoms with Crippen LogP contribution in [0.3, 0.4) is 0 Å². The summed E-state index contributed by atoms with van der Waals surface area (Å²) in [5.74, 6) is 0.995. The first-order valence-electron chi connectivity index (χ1n) is 8.78. The minimum atomic E-state index is -0.165. The summed E-state index contributed by atoms with van der Waals surface area (Å²) in [7, 11) is 0. The quantitative estimate of drug-likeness (QED) is 0.755. The summed E-state index contributed by atoms with van der Waals surface area (Å²) in [6.45, 7) is 2.70. The normalized spacial score (nSPS) is 13.3. The average molecular weight is 362 g/mol. The van der Waals surface area contributed by atoms with Gasteiger partial charge in [0.15, 0.2) is 0 Å². The van der Waals surface area contributed by atoms with Gasteiger partial charge in [0.25, 0.3) is 11.5 Å². The van der Waals surface area contributed by atoms with Crippen molar-refractivity contribution < 1.29 is 4.79 Å². The maximum atomic E-state index is 12.8. The molecule has 1 aliphatic heterocycles. The van der Waals surface area contributed by atoms with Gasteiger partial charge in [-0.2, -0.15) is 0 Å². The van der Waals surface area contributed by atoms with E-state index in [0.29, 0.717) is 41.4 Å². The van der Waals surface area contributed by atoms with E-state index < -0.39 is 0 Å². The van der Waals surface area contributed by atoms with Crippen LogP contribution in [0.5, 0.6) is 0 Å². The Balaban J connectivity index is 1.62. The number of hydrogen-bond acceptors (Lipinski definition) is 6. The van der Waals surface area contributed by atoms with E-state index >= 15 is 0 Å². The highest BCUT2D eigenvalue weighted by Gasteiger charge is 2.25. The second-order valence-corrected chi connectivity index (χ2v) is 6.30. The van der Waals surface area contributed by atoms with Gasteiger partial charge < -0.3 is 9.88 Å². The van der Waals surface area contributed by atoms with Crippen LogP contribution in [-0.4, -0.2) is 42.3 Å². The molecule has 136 valence electrons. The number of aromatic amines is 1. The highest BCUT2D eigenvalue weighted by Crippen LogP contribution is 2.19. The van der Waals surface area contributed by atoms with Crippen LogP contribution in [0.2, 0.25) is 0 Å². The lowest BCUT2D eigenvalue weighted by Gasteiger charge is -2.27. The van der Waals surface area contributed by atoms with E-state index in [9.17, 15) is 9.59 Å². The van der Waals surface area contributed by atoms with Gasteiger partial charge in [0, 0.05) is 48.9 Å². The number of fused-ring (bicyclic) bond motifs is 1. The minimum Gasteiger partial charge on any atom is -0.332 e. The van der Waals surface area contributed by atoms with Crippen LogP contribution in [0.1, 0.15) is 34.4 Å². The van der Waals surface area contributed by atoms with Gasteiger partial charge in [0.1, 0.15) is 11.6 Å². The zero-order valence-corrected chi connectivity index (χ0v) is 14.8. The molecule has 0 spiro atoms. The fraction of sp³-hybridized carbons (Fsp3) is 0.263. The Morgan fingerprint density at radius 3 is 2.78 bits per heavy atom. The smallest absolute Gasteiger partial charge is 0.257 e. The van der Waals surface area contributed by atoms with E-state index in [-0.39, 0.29) is 18.0 Å². The summed E-state index contributed by atoms with van der Waals surface area (Å²) >= 11 is 0. The third-order valence-electron chi connectivity index (χ3n) is 4.56. The Morgan fingerprint density at radius 1 is 1.26 bits per heavy atom. The number of amides is 1. The van der Waals surface area contributed by atoms with E-state index in [4.69, 9.17) is 0 Å². The Hall–Kier alpha value is -3.42. The Kier molecular flexibility index (Phi) is 4.45. The Bertz CT molecular complexity index is 1030. The topological polar surface area (TPSA) is 105 Å². The third-order valence-corrected chi connectivity index (χ3v) is 4.56. The standard InChI is InChI=1S/C19H18N6O2/c1-2-16-21-9-13(10-22-16)19(27)25-7-5-14-15(11-25)23-17(24-18(14)26)12-4-3-6-20-8-12/h3-4,6,8-10H,2,5,7,11H2,1H3,(H,23,24,26). The van der Waals surface area contributed by atoms with Crippen LogP contribution in [0.4, 0.5) is 0 Å². The number of pyridine rings is 1. The van der Waals surface area contributed by atoms with Crippen molar-refractivity contribution in [1.82, 2.24) is 29.8 Å². The van der Waals surface area contributed by atoms with Crippen molar-refractivity contribution in [2.75, 3.05) is 6.54 Å². The highest BCUT2D eigenvalue weighted by atomic mass is 16.2. The molecule has 27 heavy (non-hydrogen) atoms. The lowest BCUT2D eigenvalue weighted by molar-refractivity contribution is 0.0730. The summed E-state index contributed by atoms with van der Waals surface area (Å²) < 4.78 is 0. The first kappa shape index (κ1) is 17.0. The maximum absolute atomic E-state index is 12.8. The molecule has 8 heteroatoms. The zero-order chi connectivity index (χ0) is 18.8. The van der Waals surface area contributed by atoms with E-state index in [0.717, 1.165) is 12.0 Å². The van der Waals surface area contributed by atoms with Crippen LogP contribution in [-0.2, 0) is 19.4 Å². The van der Waals surface area contributed by atoms with Gasteiger partial charge in [-0.3, -0.25) is 14.6 Å². The molecule has 0 aromatic carbocycles. The first-order chi connectivity index (χ1) is 13.2. The van der Waals surface area contributed by atoms with Crippen LogP contribution >= 0.6 is 0 Å². The molecule has 0 unspecified atom stereocenters. The molecule has 0 radical (unpaired) electrons. The van der Waals surface area contributed by atoms with E-state index in [1.54, 1.807) is 35.8 Å². The Morgan fingerprint density at radius 2 is 2.07 bits per heavy atom. The molecule has 4 rings (SSSR count). The number of aryl methyl sites for hydroxylation is 1. The zero-order valence-electron chi connectivity index (χ0n) is 14.8. The molecule has 4 heterocycles. The van der Waals surface area contributed by atoms with Crippen molar-refractivity contribution in [1.29, 1.82) is 0 Å². The number of carbonyl (C=O) groups excluding carboxylic acids is 1. The molecular weight excluding hydrogens is 344 g/mol. The molecule has 0 saturated carbocycles. The molecule has 0 saturated heterocycles. The van der Waals surface area contributed by atoms with Crippen LogP contribution in [0, 0.1) is 0 Å². The SMILES string of the molecule is CCc1ncc(C(=O)N2CCc3c(nc(-c4cccnc4)[nH]c3=O)C2)cn1. The maximum Gasteiger partial charge on any atom is 0.257 e. The van der Waals surface area contributed by atoms with Crippen molar-refractivity contribution in [3.05, 3.63) is 69.9 Å². The lowest BCUT2D eigenvalue weighted by atomic mass is 10.1. The fourth-order valence-electron chi connectivity index (χ4n) is 3.08. The predicted octanol–water partition coefficient (Wildman–Crippen LogP) is 1.38. The molecule has 1 amide bonds. The molecule has 0 bridgehead atoms. The van der Waals surface area contributed by atoms with Gasteiger partial charge in [-0.25, -0.2) is 15.0 Å². The summed E-state index contributed by atoms with van der Waals surface area (Å²) in [5.41, 5.74) is 2.24. The van der Waals surface area contributed by atoms with Crippen molar-refractivity contribution >= 4 is 5.91 Å². The number of rotatable bonds is 3. The van der Waals surface area contributed by atoms with E-state index in [2.05, 4.69) is 24.9 Å². The number of aromatic nitrogens is 5. The third kappa shape index (κ3) is 3.33. The summed E-state index contributed by atoms with van der Waals surface area (Å²) in [6, 6.07) is 3.61. The van der Waals surface area contributed by atoms with Crippen LogP contribution < -0.4 is 5.56 Å². The van der Waals surface area contributed by atoms with E-state index in [1.165, 1.54) is 0 Å². The monoisotopic (exact) mass is 362 g/mol. The number of nitrogens with one attached hydrogen (secondary N) is 1. The van der Waals surface area contributed by atoms with Crippen molar-refractivity contribution in [3.63, 3.8) is 0 Å². The van der Waals surface area contributed by atoms with Gasteiger partial charge in [0.2, 0.25) is 0 Å². The molecule has 3 aromatic heterocycles. The lowest BCUT2D eigenvalue weighted by Crippen LogP contribution is -2.39. The molecule has 0 atom stereocenters. The number of nitrogens with zero attached hydrogens (tertiary/aromatic N) is 5. The molecule has 0 aliphatic carbocycles. The van der Waals surface area contributed by atoms with Crippen LogP contribution in [0.25, 0.3) is 11.4 Å². The second kappa shape index (κ2) is 7.06. The van der Waals surface area contributed by atoms with Crippen molar-refractivity contribution in [3.8, 4) is 11.4 Å². The first-order valence-corrected chi connectivity index (χ1v) is 8.78. The minimum absolute atomic E-state index is 0.159. The predicted molar refractivity (Wildman–Crippen MR) is 97.9 cm³/mol. The number of H-pyrrole nitrogens is 1. The molecule has 3 aromatic rings. The van der Waals surface area contributed by atoms with Gasteiger partial charge >= 0.3 is 0 Å². The van der Waals surface area contributed by atoms with Crippen molar-refractivity contribution in [2.24, 2.45) is 0 Å². The number of carbonyl (C=O) groups is 1. The summed E-state index contributed by atoms with van der Waals surface area (Å²) in [5, 5.41) is 0. The highest BCUT2D eigenvalue weighted by molar-refractivity contribution is 5.93. The molecular formula is C19H18N6O2. The molecule has 0 fully saturated rings. The van der Waals surface area contributed by atoms with Crippen LogP contribution in [0.15, 0.2) is 41.7 Å². The molecule has 1 N–H and O–H groups in total. The summed E-state index contributed by atoms with van der Waals surface area (Å²) in [6.07, 6.45) is 7.58. The largest absolute Gasteiger partial charge is 0.332 e. The molecule has 1 aliphatic rings. The van der Waals surface area contributed by atoms with Gasteiger partial charge in [-0.15, -0.1) is 0 Å². The second-order valence-electron chi connectivity index (χ2n) is 6.30. The van der Waals surface area contributed by atoms with Gasteiger partial charge in [-0.05, 0) is 18.6 Å². The number of hydrogen-bond donors (Lipinski definition) is 1. The van der Waals surface area contributed by atoms with Crippen molar-refractivity contribution in [2.45, 2.75) is 26.3 Å². The average Bonchev–Trinajstić information content (AvgIpc) is 2.73. The van der Waals surface area contributed by atoms with Gasteiger partial charge in [-0.1, -0.05) is 6.92 Å². The Labute approximate surface area is 155 Å².